The van der Waals surface area contributed by atoms with Crippen molar-refractivity contribution in [2.75, 3.05) is 32.8 Å². The minimum Gasteiger partial charge on any atom is -0.484 e. The van der Waals surface area contributed by atoms with E-state index in [0.717, 1.165) is 5.56 Å². The van der Waals surface area contributed by atoms with Crippen LogP contribution in [0.25, 0.3) is 0 Å². The predicted octanol–water partition coefficient (Wildman–Crippen LogP) is 2.12. The van der Waals surface area contributed by atoms with Crippen molar-refractivity contribution in [1.82, 2.24) is 14.4 Å². The maximum Gasteiger partial charge on any atom is 0.260 e. The van der Waals surface area contributed by atoms with Gasteiger partial charge in [-0.2, -0.15) is 4.31 Å². The normalized spacial score (nSPS) is 15.4. The number of carbonyl (C=O) groups excluding carboxylic acids is 2. The van der Waals surface area contributed by atoms with Crippen LogP contribution in [0.4, 0.5) is 0 Å². The molecular formula is C22H29N3O6S. The molecule has 174 valence electrons. The van der Waals surface area contributed by atoms with Gasteiger partial charge in [0.2, 0.25) is 10.0 Å². The number of ketones is 1. The molecule has 1 aliphatic heterocycles. The topological polar surface area (TPSA) is 110 Å². The fourth-order valence-corrected chi connectivity index (χ4v) is 5.43. The Morgan fingerprint density at radius 3 is 2.44 bits per heavy atom. The van der Waals surface area contributed by atoms with Gasteiger partial charge in [0.15, 0.2) is 12.4 Å². The van der Waals surface area contributed by atoms with Crippen LogP contribution in [0.3, 0.4) is 0 Å². The predicted molar refractivity (Wildman–Crippen MR) is 117 cm³/mol. The smallest absolute Gasteiger partial charge is 0.260 e. The van der Waals surface area contributed by atoms with E-state index in [-0.39, 0.29) is 42.0 Å². The molecule has 2 heterocycles. The van der Waals surface area contributed by atoms with Crippen molar-refractivity contribution < 1.29 is 27.3 Å². The molecule has 1 aromatic heterocycles. The summed E-state index contributed by atoms with van der Waals surface area (Å²) < 4.78 is 38.1. The second-order valence-corrected chi connectivity index (χ2v) is 9.80. The molecule has 1 saturated heterocycles. The Labute approximate surface area is 188 Å². The molecule has 3 rings (SSSR count). The summed E-state index contributed by atoms with van der Waals surface area (Å²) >= 11 is 0. The molecule has 0 radical (unpaired) electrons. The van der Waals surface area contributed by atoms with E-state index in [1.54, 1.807) is 37.8 Å². The second kappa shape index (κ2) is 10.3. The van der Waals surface area contributed by atoms with Gasteiger partial charge in [0, 0.05) is 32.6 Å². The quantitative estimate of drug-likeness (QED) is 0.590. The zero-order valence-corrected chi connectivity index (χ0v) is 19.5. The number of Topliss-reactive ketones (excluding diaryl/α,β-unsaturated/α-hetero) is 1. The van der Waals surface area contributed by atoms with Gasteiger partial charge in [0.05, 0.1) is 0 Å². The average molecular weight is 464 g/mol. The fourth-order valence-electron chi connectivity index (χ4n) is 3.66. The van der Waals surface area contributed by atoms with Gasteiger partial charge in [0.25, 0.3) is 5.91 Å². The molecule has 0 N–H and O–H groups in total. The molecule has 0 spiro atoms. The summed E-state index contributed by atoms with van der Waals surface area (Å²) in [5, 5.41) is 3.74. The van der Waals surface area contributed by atoms with Crippen molar-refractivity contribution in [3.05, 3.63) is 41.3 Å². The van der Waals surface area contributed by atoms with Gasteiger partial charge in [-0.3, -0.25) is 4.79 Å². The molecule has 0 saturated carbocycles. The Balaban J connectivity index is 1.54. The summed E-state index contributed by atoms with van der Waals surface area (Å²) in [4.78, 5) is 25.5. The van der Waals surface area contributed by atoms with E-state index in [2.05, 4.69) is 5.16 Å². The summed E-state index contributed by atoms with van der Waals surface area (Å²) in [5.74, 6) is 0.788. The summed E-state index contributed by atoms with van der Waals surface area (Å²) in [6.07, 6.45) is 1.70. The first-order chi connectivity index (χ1) is 15.2. The number of carbonyl (C=O) groups is 2. The molecule has 10 heteroatoms. The van der Waals surface area contributed by atoms with Crippen LogP contribution >= 0.6 is 0 Å². The van der Waals surface area contributed by atoms with Gasteiger partial charge >= 0.3 is 0 Å². The van der Waals surface area contributed by atoms with Crippen molar-refractivity contribution >= 4 is 21.7 Å². The first-order valence-electron chi connectivity index (χ1n) is 10.6. The monoisotopic (exact) mass is 463 g/mol. The molecule has 9 nitrogen and oxygen atoms in total. The number of aryl methyl sites for hydroxylation is 3. The summed E-state index contributed by atoms with van der Waals surface area (Å²) in [6.45, 7) is 5.88. The highest BCUT2D eigenvalue weighted by molar-refractivity contribution is 7.89. The Hall–Kier alpha value is -2.72. The highest BCUT2D eigenvalue weighted by atomic mass is 32.2. The Kier molecular flexibility index (Phi) is 7.68. The number of rotatable bonds is 8. The number of hydrogen-bond acceptors (Lipinski definition) is 7. The lowest BCUT2D eigenvalue weighted by atomic mass is 10.1. The van der Waals surface area contributed by atoms with Crippen molar-refractivity contribution in [2.24, 2.45) is 0 Å². The van der Waals surface area contributed by atoms with Crippen molar-refractivity contribution in [3.8, 4) is 5.75 Å². The summed E-state index contributed by atoms with van der Waals surface area (Å²) in [5.41, 5.74) is 1.37. The first-order valence-corrected chi connectivity index (χ1v) is 12.0. The van der Waals surface area contributed by atoms with Crippen LogP contribution in [0, 0.1) is 13.8 Å². The molecule has 1 aromatic carbocycles. The van der Waals surface area contributed by atoms with Crippen molar-refractivity contribution in [3.63, 3.8) is 0 Å². The van der Waals surface area contributed by atoms with Gasteiger partial charge in [0.1, 0.15) is 22.1 Å². The van der Waals surface area contributed by atoms with Crippen molar-refractivity contribution in [1.29, 1.82) is 0 Å². The molecule has 0 aliphatic carbocycles. The zero-order chi connectivity index (χ0) is 23.3. The minimum atomic E-state index is -3.74. The van der Waals surface area contributed by atoms with E-state index in [9.17, 15) is 18.0 Å². The number of amides is 1. The lowest BCUT2D eigenvalue weighted by Crippen LogP contribution is -2.39. The third-order valence-electron chi connectivity index (χ3n) is 5.42. The molecule has 0 atom stereocenters. The molecule has 2 aromatic rings. The van der Waals surface area contributed by atoms with E-state index in [1.807, 2.05) is 12.1 Å². The molecule has 0 unspecified atom stereocenters. The lowest BCUT2D eigenvalue weighted by Gasteiger charge is -2.22. The Morgan fingerprint density at radius 2 is 1.81 bits per heavy atom. The number of nitrogens with zero attached hydrogens (tertiary/aromatic N) is 3. The van der Waals surface area contributed by atoms with E-state index in [0.29, 0.717) is 43.8 Å². The van der Waals surface area contributed by atoms with Gasteiger partial charge in [-0.25, -0.2) is 8.42 Å². The van der Waals surface area contributed by atoms with Crippen LogP contribution in [0.2, 0.25) is 0 Å². The van der Waals surface area contributed by atoms with Gasteiger partial charge < -0.3 is 19.0 Å². The average Bonchev–Trinajstić information content (AvgIpc) is 2.94. The molecule has 0 bridgehead atoms. The molecule has 1 fully saturated rings. The van der Waals surface area contributed by atoms with Gasteiger partial charge in [-0.05, 0) is 51.3 Å². The highest BCUT2D eigenvalue weighted by Crippen LogP contribution is 2.24. The van der Waals surface area contributed by atoms with E-state index < -0.39 is 10.0 Å². The van der Waals surface area contributed by atoms with Crippen LogP contribution < -0.4 is 4.74 Å². The number of ether oxygens (including phenoxy) is 1. The van der Waals surface area contributed by atoms with Crippen molar-refractivity contribution in [2.45, 2.75) is 44.9 Å². The number of hydrogen-bond donors (Lipinski definition) is 0. The number of benzene rings is 1. The van der Waals surface area contributed by atoms with E-state index in [1.165, 1.54) is 4.31 Å². The third kappa shape index (κ3) is 5.74. The van der Waals surface area contributed by atoms with Crippen LogP contribution in [0.5, 0.6) is 5.75 Å². The standard InChI is InChI=1S/C22H29N3O6S/c1-16(26)5-6-19-7-9-20(10-8-19)30-15-21(27)24-11-4-12-25(14-13-24)32(28,29)22-17(2)23-31-18(22)3/h7-10H,4-6,11-15H2,1-3H3. The highest BCUT2D eigenvalue weighted by Gasteiger charge is 2.32. The van der Waals surface area contributed by atoms with Crippen LogP contribution in [-0.4, -0.2) is 67.3 Å². The molecule has 32 heavy (non-hydrogen) atoms. The Morgan fingerprint density at radius 1 is 1.09 bits per heavy atom. The zero-order valence-electron chi connectivity index (χ0n) is 18.7. The summed E-state index contributed by atoms with van der Waals surface area (Å²) in [6, 6.07) is 7.32. The molecule has 1 amide bonds. The second-order valence-electron chi connectivity index (χ2n) is 7.93. The van der Waals surface area contributed by atoms with Gasteiger partial charge in [-0.15, -0.1) is 0 Å². The fraction of sp³-hybridized carbons (Fsp3) is 0.500. The van der Waals surface area contributed by atoms with Crippen LogP contribution in [-0.2, 0) is 26.0 Å². The number of sulfonamides is 1. The Bertz CT molecular complexity index is 1040. The largest absolute Gasteiger partial charge is 0.484 e. The maximum absolute atomic E-state index is 13.0. The van der Waals surface area contributed by atoms with E-state index in [4.69, 9.17) is 9.26 Å². The van der Waals surface area contributed by atoms with Gasteiger partial charge in [-0.1, -0.05) is 17.3 Å². The van der Waals surface area contributed by atoms with Crippen LogP contribution in [0.15, 0.2) is 33.7 Å². The molecule has 1 aliphatic rings. The molecular weight excluding hydrogens is 434 g/mol. The maximum atomic E-state index is 13.0. The first kappa shape index (κ1) is 23.9. The minimum absolute atomic E-state index is 0.104. The van der Waals surface area contributed by atoms with E-state index >= 15 is 0 Å². The third-order valence-corrected chi connectivity index (χ3v) is 7.57. The lowest BCUT2D eigenvalue weighted by molar-refractivity contribution is -0.133. The van der Waals surface area contributed by atoms with Crippen LogP contribution in [0.1, 0.15) is 36.8 Å². The summed E-state index contributed by atoms with van der Waals surface area (Å²) in [7, 11) is -3.74. The SMILES string of the molecule is CC(=O)CCc1ccc(OCC(=O)N2CCCN(S(=O)(=O)c3c(C)noc3C)CC2)cc1. The number of aromatic nitrogens is 1.